The summed E-state index contributed by atoms with van der Waals surface area (Å²) in [6.07, 6.45) is 7.32. The molecule has 1 aromatic heterocycles. The number of pyridine rings is 1. The lowest BCUT2D eigenvalue weighted by atomic mass is 9.71. The quantitative estimate of drug-likeness (QED) is 0.919. The van der Waals surface area contributed by atoms with Gasteiger partial charge in [-0.25, -0.2) is 0 Å². The fraction of sp³-hybridized carbons (Fsp3) is 0.688. The van der Waals surface area contributed by atoms with Crippen molar-refractivity contribution in [3.63, 3.8) is 0 Å². The minimum atomic E-state index is -0.539. The van der Waals surface area contributed by atoms with Crippen LogP contribution >= 0.6 is 0 Å². The zero-order valence-electron chi connectivity index (χ0n) is 13.0. The van der Waals surface area contributed by atoms with E-state index in [4.69, 9.17) is 4.74 Å². The monoisotopic (exact) mass is 278 g/mol. The van der Waals surface area contributed by atoms with Crippen LogP contribution < -0.4 is 4.74 Å². The number of rotatable bonds is 4. The molecule has 1 aromatic rings. The number of nitrogens with zero attached hydrogens (tertiary/aromatic N) is 2. The van der Waals surface area contributed by atoms with E-state index in [1.807, 2.05) is 6.07 Å². The maximum atomic E-state index is 11.0. The number of hydrogen-bond acceptors (Lipinski definition) is 4. The first-order valence-electron chi connectivity index (χ1n) is 7.34. The van der Waals surface area contributed by atoms with Crippen molar-refractivity contribution >= 4 is 0 Å². The van der Waals surface area contributed by atoms with E-state index in [-0.39, 0.29) is 5.54 Å². The molecule has 2 rings (SSSR count). The topological polar surface area (TPSA) is 45.6 Å². The molecule has 1 fully saturated rings. The van der Waals surface area contributed by atoms with Crippen LogP contribution in [-0.2, 0) is 0 Å². The molecule has 1 heterocycles. The third-order valence-corrected chi connectivity index (χ3v) is 4.69. The summed E-state index contributed by atoms with van der Waals surface area (Å²) in [5.74, 6) is 1.33. The van der Waals surface area contributed by atoms with E-state index < -0.39 is 6.10 Å². The predicted molar refractivity (Wildman–Crippen MR) is 79.8 cm³/mol. The molecule has 0 bridgehead atoms. The SMILES string of the molecule is COc1cncc(C(O)C2(N(C)C)CCCC(C)C2)c1. The van der Waals surface area contributed by atoms with Crippen LogP contribution in [0.2, 0.25) is 0 Å². The summed E-state index contributed by atoms with van der Waals surface area (Å²) in [6, 6.07) is 1.89. The van der Waals surface area contributed by atoms with E-state index in [0.717, 1.165) is 24.8 Å². The first-order valence-corrected chi connectivity index (χ1v) is 7.34. The first-order chi connectivity index (χ1) is 9.49. The van der Waals surface area contributed by atoms with Crippen molar-refractivity contribution in [1.29, 1.82) is 0 Å². The van der Waals surface area contributed by atoms with Gasteiger partial charge in [-0.05, 0) is 38.9 Å². The Balaban J connectivity index is 2.33. The van der Waals surface area contributed by atoms with Crippen LogP contribution in [-0.4, -0.2) is 41.7 Å². The largest absolute Gasteiger partial charge is 0.495 e. The molecule has 112 valence electrons. The predicted octanol–water partition coefficient (Wildman–Crippen LogP) is 2.63. The Hall–Kier alpha value is -1.13. The van der Waals surface area contributed by atoms with E-state index in [2.05, 4.69) is 30.9 Å². The molecule has 0 saturated heterocycles. The number of hydrogen-bond donors (Lipinski definition) is 1. The second-order valence-electron chi connectivity index (χ2n) is 6.26. The highest BCUT2D eigenvalue weighted by molar-refractivity contribution is 5.27. The van der Waals surface area contributed by atoms with Crippen molar-refractivity contribution in [1.82, 2.24) is 9.88 Å². The smallest absolute Gasteiger partial charge is 0.137 e. The average molecular weight is 278 g/mol. The number of methoxy groups -OCH3 is 1. The van der Waals surface area contributed by atoms with Gasteiger partial charge in [0.2, 0.25) is 0 Å². The third kappa shape index (κ3) is 2.81. The Labute approximate surface area is 121 Å². The number of aromatic nitrogens is 1. The highest BCUT2D eigenvalue weighted by Gasteiger charge is 2.43. The van der Waals surface area contributed by atoms with Crippen molar-refractivity contribution in [2.75, 3.05) is 21.2 Å². The van der Waals surface area contributed by atoms with Crippen LogP contribution in [0.25, 0.3) is 0 Å². The van der Waals surface area contributed by atoms with Crippen LogP contribution in [0.15, 0.2) is 18.5 Å². The Bertz CT molecular complexity index is 450. The van der Waals surface area contributed by atoms with E-state index in [0.29, 0.717) is 11.7 Å². The molecule has 0 aromatic carbocycles. The maximum Gasteiger partial charge on any atom is 0.137 e. The summed E-state index contributed by atoms with van der Waals surface area (Å²) in [6.45, 7) is 2.27. The molecular formula is C16H26N2O2. The van der Waals surface area contributed by atoms with Crippen LogP contribution in [0, 0.1) is 5.92 Å². The molecule has 1 saturated carbocycles. The molecule has 20 heavy (non-hydrogen) atoms. The molecule has 3 atom stereocenters. The highest BCUT2D eigenvalue weighted by Crippen LogP contribution is 2.44. The van der Waals surface area contributed by atoms with Crippen LogP contribution in [0.4, 0.5) is 0 Å². The van der Waals surface area contributed by atoms with Crippen LogP contribution in [0.3, 0.4) is 0 Å². The Morgan fingerprint density at radius 1 is 1.45 bits per heavy atom. The van der Waals surface area contributed by atoms with Crippen molar-refractivity contribution in [3.05, 3.63) is 24.0 Å². The van der Waals surface area contributed by atoms with Crippen LogP contribution in [0.1, 0.15) is 44.3 Å². The van der Waals surface area contributed by atoms with Gasteiger partial charge in [0.15, 0.2) is 0 Å². The van der Waals surface area contributed by atoms with Gasteiger partial charge in [0, 0.05) is 11.8 Å². The zero-order valence-corrected chi connectivity index (χ0v) is 13.0. The van der Waals surface area contributed by atoms with E-state index in [9.17, 15) is 5.11 Å². The summed E-state index contributed by atoms with van der Waals surface area (Å²) in [7, 11) is 5.75. The van der Waals surface area contributed by atoms with E-state index in [1.165, 1.54) is 6.42 Å². The molecule has 0 aliphatic heterocycles. The van der Waals surface area contributed by atoms with Gasteiger partial charge in [-0.15, -0.1) is 0 Å². The molecule has 1 aliphatic rings. The average Bonchev–Trinajstić information content (AvgIpc) is 2.46. The second-order valence-corrected chi connectivity index (χ2v) is 6.26. The van der Waals surface area contributed by atoms with Gasteiger partial charge >= 0.3 is 0 Å². The zero-order chi connectivity index (χ0) is 14.8. The van der Waals surface area contributed by atoms with Gasteiger partial charge in [0.25, 0.3) is 0 Å². The third-order valence-electron chi connectivity index (χ3n) is 4.69. The highest BCUT2D eigenvalue weighted by atomic mass is 16.5. The summed E-state index contributed by atoms with van der Waals surface area (Å²) in [5, 5.41) is 11.0. The molecule has 4 nitrogen and oxygen atoms in total. The summed E-state index contributed by atoms with van der Waals surface area (Å²) >= 11 is 0. The Morgan fingerprint density at radius 2 is 2.20 bits per heavy atom. The standard InChI is InChI=1S/C16H26N2O2/c1-12-6-5-7-16(9-12,18(2)3)15(19)13-8-14(20-4)11-17-10-13/h8,10-12,15,19H,5-7,9H2,1-4H3. The molecule has 4 heteroatoms. The number of aliphatic hydroxyl groups excluding tert-OH is 1. The van der Waals surface area contributed by atoms with Crippen molar-refractivity contribution in [3.8, 4) is 5.75 Å². The fourth-order valence-corrected chi connectivity index (χ4v) is 3.47. The molecule has 0 amide bonds. The summed E-state index contributed by atoms with van der Waals surface area (Å²) in [5.41, 5.74) is 0.637. The van der Waals surface area contributed by atoms with Crippen molar-refractivity contribution in [2.24, 2.45) is 5.92 Å². The second kappa shape index (κ2) is 6.10. The number of likely N-dealkylation sites (N-methyl/N-ethyl adjacent to an activating group) is 1. The molecular weight excluding hydrogens is 252 g/mol. The van der Waals surface area contributed by atoms with Gasteiger partial charge in [-0.3, -0.25) is 4.98 Å². The molecule has 0 radical (unpaired) electrons. The number of aliphatic hydroxyl groups is 1. The lowest BCUT2D eigenvalue weighted by Crippen LogP contribution is -2.52. The minimum absolute atomic E-state index is 0.203. The molecule has 1 N–H and O–H groups in total. The van der Waals surface area contributed by atoms with Crippen molar-refractivity contribution < 1.29 is 9.84 Å². The first kappa shape index (κ1) is 15.3. The lowest BCUT2D eigenvalue weighted by Gasteiger charge is -2.48. The lowest BCUT2D eigenvalue weighted by molar-refractivity contribution is -0.0453. The Kier molecular flexibility index (Phi) is 4.66. The van der Waals surface area contributed by atoms with Gasteiger partial charge in [0.1, 0.15) is 5.75 Å². The van der Waals surface area contributed by atoms with Gasteiger partial charge in [-0.2, -0.15) is 0 Å². The molecule has 1 aliphatic carbocycles. The van der Waals surface area contributed by atoms with Gasteiger partial charge in [-0.1, -0.05) is 19.8 Å². The van der Waals surface area contributed by atoms with Gasteiger partial charge < -0.3 is 14.7 Å². The normalized spacial score (nSPS) is 28.4. The molecule has 3 unspecified atom stereocenters. The summed E-state index contributed by atoms with van der Waals surface area (Å²) < 4.78 is 5.22. The summed E-state index contributed by atoms with van der Waals surface area (Å²) in [4.78, 5) is 6.36. The minimum Gasteiger partial charge on any atom is -0.495 e. The van der Waals surface area contributed by atoms with E-state index in [1.54, 1.807) is 19.5 Å². The number of ether oxygens (including phenoxy) is 1. The van der Waals surface area contributed by atoms with E-state index >= 15 is 0 Å². The maximum absolute atomic E-state index is 11.0. The molecule has 0 spiro atoms. The Morgan fingerprint density at radius 3 is 2.80 bits per heavy atom. The fourth-order valence-electron chi connectivity index (χ4n) is 3.47. The van der Waals surface area contributed by atoms with Crippen molar-refractivity contribution in [2.45, 2.75) is 44.2 Å². The van der Waals surface area contributed by atoms with Crippen LogP contribution in [0.5, 0.6) is 5.75 Å². The van der Waals surface area contributed by atoms with Gasteiger partial charge in [0.05, 0.1) is 24.9 Å².